The van der Waals surface area contributed by atoms with Gasteiger partial charge in [0.05, 0.1) is 0 Å². The Morgan fingerprint density at radius 1 is 1.22 bits per heavy atom. The summed E-state index contributed by atoms with van der Waals surface area (Å²) in [5, 5.41) is 6.40. The molecule has 1 aliphatic heterocycles. The first-order valence-corrected chi connectivity index (χ1v) is 6.25. The van der Waals surface area contributed by atoms with Crippen molar-refractivity contribution in [3.05, 3.63) is 34.9 Å². The Kier molecular flexibility index (Phi) is 5.63. The minimum Gasteiger partial charge on any atom is -0.349 e. The van der Waals surface area contributed by atoms with Gasteiger partial charge in [-0.25, -0.2) is 0 Å². The van der Waals surface area contributed by atoms with E-state index in [4.69, 9.17) is 0 Å². The molecular weight excluding hydrogens is 248 g/mol. The summed E-state index contributed by atoms with van der Waals surface area (Å²) < 4.78 is 0. The number of amides is 1. The van der Waals surface area contributed by atoms with Crippen LogP contribution in [-0.2, 0) is 0 Å². The second-order valence-electron chi connectivity index (χ2n) is 4.80. The average molecular weight is 269 g/mol. The van der Waals surface area contributed by atoms with Gasteiger partial charge in [-0.1, -0.05) is 6.07 Å². The van der Waals surface area contributed by atoms with Crippen molar-refractivity contribution in [3.63, 3.8) is 0 Å². The summed E-state index contributed by atoms with van der Waals surface area (Å²) in [6.45, 7) is 6.09. The monoisotopic (exact) mass is 268 g/mol. The lowest BCUT2D eigenvalue weighted by Crippen LogP contribution is -2.42. The predicted octanol–water partition coefficient (Wildman–Crippen LogP) is 2.21. The lowest BCUT2D eigenvalue weighted by molar-refractivity contribution is 0.0929. The lowest BCUT2D eigenvalue weighted by atomic mass is 10.0. The van der Waals surface area contributed by atoms with Crippen molar-refractivity contribution in [3.8, 4) is 0 Å². The Bertz CT molecular complexity index is 414. The van der Waals surface area contributed by atoms with Gasteiger partial charge >= 0.3 is 0 Å². The molecule has 0 saturated carbocycles. The smallest absolute Gasteiger partial charge is 0.251 e. The Morgan fingerprint density at radius 2 is 1.89 bits per heavy atom. The summed E-state index contributed by atoms with van der Waals surface area (Å²) >= 11 is 0. The largest absolute Gasteiger partial charge is 0.349 e. The summed E-state index contributed by atoms with van der Waals surface area (Å²) in [5.74, 6) is 0.0556. The van der Waals surface area contributed by atoms with Crippen LogP contribution in [-0.4, -0.2) is 25.0 Å². The minimum absolute atomic E-state index is 0. The summed E-state index contributed by atoms with van der Waals surface area (Å²) in [6.07, 6.45) is 2.05. The van der Waals surface area contributed by atoms with Crippen LogP contribution in [0.15, 0.2) is 18.2 Å². The molecule has 1 saturated heterocycles. The molecule has 1 heterocycles. The van der Waals surface area contributed by atoms with Gasteiger partial charge in [-0.15, -0.1) is 12.4 Å². The number of aryl methyl sites for hydroxylation is 2. The lowest BCUT2D eigenvalue weighted by Gasteiger charge is -2.23. The van der Waals surface area contributed by atoms with Crippen molar-refractivity contribution in [1.82, 2.24) is 10.6 Å². The molecule has 0 aliphatic carbocycles. The average Bonchev–Trinajstić information content (AvgIpc) is 2.34. The van der Waals surface area contributed by atoms with E-state index in [-0.39, 0.29) is 18.3 Å². The maximum Gasteiger partial charge on any atom is 0.251 e. The van der Waals surface area contributed by atoms with Crippen LogP contribution in [0.5, 0.6) is 0 Å². The SMILES string of the molecule is Cc1ccc(C(=O)NC2CCNCC2)cc1C.Cl. The van der Waals surface area contributed by atoms with Crippen LogP contribution in [0.3, 0.4) is 0 Å². The van der Waals surface area contributed by atoms with Crippen LogP contribution in [0.1, 0.15) is 34.3 Å². The summed E-state index contributed by atoms with van der Waals surface area (Å²) in [4.78, 5) is 12.0. The quantitative estimate of drug-likeness (QED) is 0.864. The molecule has 1 aliphatic rings. The molecule has 1 aromatic rings. The zero-order valence-electron chi connectivity index (χ0n) is 11.0. The fraction of sp³-hybridized carbons (Fsp3) is 0.500. The molecule has 4 heteroatoms. The van der Waals surface area contributed by atoms with Crippen molar-refractivity contribution in [2.45, 2.75) is 32.7 Å². The third-order valence-corrected chi connectivity index (χ3v) is 3.44. The Balaban J connectivity index is 0.00000162. The van der Waals surface area contributed by atoms with E-state index in [0.717, 1.165) is 31.5 Å². The fourth-order valence-corrected chi connectivity index (χ4v) is 2.12. The van der Waals surface area contributed by atoms with E-state index >= 15 is 0 Å². The van der Waals surface area contributed by atoms with Gasteiger partial charge < -0.3 is 10.6 Å². The van der Waals surface area contributed by atoms with E-state index in [1.54, 1.807) is 0 Å². The number of nitrogens with one attached hydrogen (secondary N) is 2. The molecule has 1 aromatic carbocycles. The summed E-state index contributed by atoms with van der Waals surface area (Å²) in [5.41, 5.74) is 3.16. The van der Waals surface area contributed by atoms with E-state index < -0.39 is 0 Å². The van der Waals surface area contributed by atoms with E-state index in [1.807, 2.05) is 25.1 Å². The zero-order chi connectivity index (χ0) is 12.3. The van der Waals surface area contributed by atoms with Gasteiger partial charge in [0.1, 0.15) is 0 Å². The van der Waals surface area contributed by atoms with Gasteiger partial charge in [0.2, 0.25) is 0 Å². The van der Waals surface area contributed by atoms with Gasteiger partial charge in [-0.3, -0.25) is 4.79 Å². The zero-order valence-corrected chi connectivity index (χ0v) is 11.8. The van der Waals surface area contributed by atoms with E-state index in [9.17, 15) is 4.79 Å². The van der Waals surface area contributed by atoms with Crippen LogP contribution in [0.4, 0.5) is 0 Å². The Hall–Kier alpha value is -1.06. The first-order chi connectivity index (χ1) is 8.16. The number of rotatable bonds is 2. The molecule has 3 nitrogen and oxygen atoms in total. The third kappa shape index (κ3) is 3.72. The number of piperidine rings is 1. The minimum atomic E-state index is 0. The fourth-order valence-electron chi connectivity index (χ4n) is 2.12. The van der Waals surface area contributed by atoms with E-state index in [0.29, 0.717) is 6.04 Å². The van der Waals surface area contributed by atoms with Gasteiger partial charge in [-0.05, 0) is 63.0 Å². The Morgan fingerprint density at radius 3 is 2.50 bits per heavy atom. The van der Waals surface area contributed by atoms with Crippen LogP contribution in [0.2, 0.25) is 0 Å². The van der Waals surface area contributed by atoms with Crippen LogP contribution < -0.4 is 10.6 Å². The standard InChI is InChI=1S/C14H20N2O.ClH/c1-10-3-4-12(9-11(10)2)14(17)16-13-5-7-15-8-6-13;/h3-4,9,13,15H,5-8H2,1-2H3,(H,16,17);1H. The highest BCUT2D eigenvalue weighted by atomic mass is 35.5. The molecule has 1 amide bonds. The Labute approximate surface area is 115 Å². The first kappa shape index (κ1) is 15.0. The van der Waals surface area contributed by atoms with E-state index in [2.05, 4.69) is 17.6 Å². The number of hydrogen-bond acceptors (Lipinski definition) is 2. The molecule has 0 bridgehead atoms. The molecule has 1 fully saturated rings. The second-order valence-corrected chi connectivity index (χ2v) is 4.80. The highest BCUT2D eigenvalue weighted by Gasteiger charge is 2.16. The number of carbonyl (C=O) groups excluding carboxylic acids is 1. The van der Waals surface area contributed by atoms with Crippen molar-refractivity contribution in [1.29, 1.82) is 0 Å². The molecule has 0 atom stereocenters. The van der Waals surface area contributed by atoms with Crippen molar-refractivity contribution in [2.75, 3.05) is 13.1 Å². The summed E-state index contributed by atoms with van der Waals surface area (Å²) in [6, 6.07) is 6.20. The molecule has 0 unspecified atom stereocenters. The number of hydrogen-bond donors (Lipinski definition) is 2. The third-order valence-electron chi connectivity index (χ3n) is 3.44. The molecule has 0 radical (unpaired) electrons. The van der Waals surface area contributed by atoms with Gasteiger partial charge in [-0.2, -0.15) is 0 Å². The predicted molar refractivity (Wildman–Crippen MR) is 76.5 cm³/mol. The molecule has 2 rings (SSSR count). The van der Waals surface area contributed by atoms with Gasteiger partial charge in [0.25, 0.3) is 5.91 Å². The normalized spacial score (nSPS) is 15.9. The van der Waals surface area contributed by atoms with Crippen molar-refractivity contribution < 1.29 is 4.79 Å². The number of halogens is 1. The van der Waals surface area contributed by atoms with Gasteiger partial charge in [0.15, 0.2) is 0 Å². The number of benzene rings is 1. The maximum atomic E-state index is 12.0. The van der Waals surface area contributed by atoms with Crippen LogP contribution >= 0.6 is 12.4 Å². The van der Waals surface area contributed by atoms with Crippen LogP contribution in [0, 0.1) is 13.8 Å². The van der Waals surface area contributed by atoms with E-state index in [1.165, 1.54) is 11.1 Å². The highest BCUT2D eigenvalue weighted by Crippen LogP contribution is 2.11. The second kappa shape index (κ2) is 6.76. The molecule has 18 heavy (non-hydrogen) atoms. The van der Waals surface area contributed by atoms with Crippen molar-refractivity contribution >= 4 is 18.3 Å². The first-order valence-electron chi connectivity index (χ1n) is 6.25. The molecule has 100 valence electrons. The molecule has 2 N–H and O–H groups in total. The van der Waals surface area contributed by atoms with Crippen molar-refractivity contribution in [2.24, 2.45) is 0 Å². The molecule has 0 spiro atoms. The number of carbonyl (C=O) groups is 1. The molecular formula is C14H21ClN2O. The molecule has 0 aromatic heterocycles. The maximum absolute atomic E-state index is 12.0. The topological polar surface area (TPSA) is 41.1 Å². The van der Waals surface area contributed by atoms with Crippen LogP contribution in [0.25, 0.3) is 0 Å². The highest BCUT2D eigenvalue weighted by molar-refractivity contribution is 5.94. The summed E-state index contributed by atoms with van der Waals surface area (Å²) in [7, 11) is 0. The van der Waals surface area contributed by atoms with Gasteiger partial charge in [0, 0.05) is 11.6 Å².